The number of carboxylic acids is 1. The number of hydrogen-bond donors (Lipinski definition) is 2. The molecular formula is C14H25NO2. The van der Waals surface area contributed by atoms with E-state index >= 15 is 0 Å². The summed E-state index contributed by atoms with van der Waals surface area (Å²) in [6.45, 7) is 0. The van der Waals surface area contributed by atoms with Crippen molar-refractivity contribution in [3.8, 4) is 0 Å². The first-order valence-electron chi connectivity index (χ1n) is 7.12. The van der Waals surface area contributed by atoms with Gasteiger partial charge in [-0.25, -0.2) is 0 Å². The van der Waals surface area contributed by atoms with Gasteiger partial charge in [-0.05, 0) is 69.1 Å². The van der Waals surface area contributed by atoms with Crippen molar-refractivity contribution < 1.29 is 9.90 Å². The number of rotatable bonds is 3. The monoisotopic (exact) mass is 239 g/mol. The van der Waals surface area contributed by atoms with Gasteiger partial charge in [0.2, 0.25) is 0 Å². The number of carboxylic acid groups (broad SMARTS) is 1. The average molecular weight is 239 g/mol. The summed E-state index contributed by atoms with van der Waals surface area (Å²) in [6, 6.07) is 0.439. The minimum absolute atomic E-state index is 0.377. The van der Waals surface area contributed by atoms with E-state index in [1.54, 1.807) is 0 Å². The summed E-state index contributed by atoms with van der Waals surface area (Å²) >= 11 is 0. The van der Waals surface area contributed by atoms with Gasteiger partial charge < -0.3 is 10.8 Å². The van der Waals surface area contributed by atoms with E-state index in [2.05, 4.69) is 0 Å². The molecule has 2 saturated carbocycles. The molecule has 2 rings (SSSR count). The molecule has 0 unspecified atom stereocenters. The fourth-order valence-electron chi connectivity index (χ4n) is 3.73. The molecule has 0 bridgehead atoms. The first-order valence-corrected chi connectivity index (χ1v) is 7.12. The van der Waals surface area contributed by atoms with E-state index < -0.39 is 5.97 Å². The number of hydrogen-bond acceptors (Lipinski definition) is 2. The van der Waals surface area contributed by atoms with Crippen LogP contribution in [-0.2, 0) is 4.79 Å². The average Bonchev–Trinajstić information content (AvgIpc) is 2.30. The highest BCUT2D eigenvalue weighted by Crippen LogP contribution is 2.40. The number of carbonyl (C=O) groups is 1. The topological polar surface area (TPSA) is 63.3 Å². The van der Waals surface area contributed by atoms with Crippen molar-refractivity contribution in [2.75, 3.05) is 0 Å². The molecule has 2 aliphatic carbocycles. The predicted molar refractivity (Wildman–Crippen MR) is 67.6 cm³/mol. The molecule has 0 atom stereocenters. The molecule has 0 amide bonds. The molecular weight excluding hydrogens is 214 g/mol. The Labute approximate surface area is 104 Å². The lowest BCUT2D eigenvalue weighted by Gasteiger charge is -2.36. The largest absolute Gasteiger partial charge is 0.481 e. The molecule has 0 aromatic carbocycles. The Morgan fingerprint density at radius 2 is 1.41 bits per heavy atom. The third kappa shape index (κ3) is 3.70. The van der Waals surface area contributed by atoms with Crippen molar-refractivity contribution in [3.05, 3.63) is 0 Å². The van der Waals surface area contributed by atoms with Gasteiger partial charge in [0.05, 0.1) is 0 Å². The van der Waals surface area contributed by atoms with Crippen LogP contribution >= 0.6 is 0 Å². The molecule has 0 spiro atoms. The molecule has 0 aromatic rings. The van der Waals surface area contributed by atoms with Crippen LogP contribution in [0.5, 0.6) is 0 Å². The van der Waals surface area contributed by atoms with Crippen molar-refractivity contribution in [2.24, 2.45) is 23.5 Å². The second-order valence-corrected chi connectivity index (χ2v) is 6.05. The van der Waals surface area contributed by atoms with E-state index in [1.165, 1.54) is 38.5 Å². The summed E-state index contributed by atoms with van der Waals surface area (Å²) < 4.78 is 0. The van der Waals surface area contributed by atoms with Crippen LogP contribution in [-0.4, -0.2) is 17.1 Å². The summed E-state index contributed by atoms with van der Waals surface area (Å²) in [5, 5.41) is 8.80. The van der Waals surface area contributed by atoms with Gasteiger partial charge in [-0.1, -0.05) is 0 Å². The van der Waals surface area contributed by atoms with E-state index in [0.29, 0.717) is 18.4 Å². The zero-order chi connectivity index (χ0) is 12.3. The Morgan fingerprint density at radius 1 is 0.941 bits per heavy atom. The molecule has 3 heteroatoms. The van der Waals surface area contributed by atoms with Gasteiger partial charge >= 0.3 is 5.97 Å². The molecule has 0 aromatic heterocycles. The van der Waals surface area contributed by atoms with Crippen molar-refractivity contribution in [1.82, 2.24) is 0 Å². The maximum absolute atomic E-state index is 10.7. The van der Waals surface area contributed by atoms with Crippen LogP contribution < -0.4 is 5.73 Å². The maximum atomic E-state index is 10.7. The summed E-state index contributed by atoms with van der Waals surface area (Å²) in [4.78, 5) is 10.7. The SMILES string of the molecule is NC1CCC(C2CCC(CC(=O)O)CC2)CC1. The molecule has 2 fully saturated rings. The Balaban J connectivity index is 1.73. The molecule has 0 aliphatic heterocycles. The fourth-order valence-corrected chi connectivity index (χ4v) is 3.73. The van der Waals surface area contributed by atoms with Gasteiger partial charge in [-0.3, -0.25) is 4.79 Å². The Bertz CT molecular complexity index is 251. The third-order valence-electron chi connectivity index (χ3n) is 4.84. The molecule has 3 nitrogen and oxygen atoms in total. The van der Waals surface area contributed by atoms with Gasteiger partial charge in [0.15, 0.2) is 0 Å². The first-order chi connectivity index (χ1) is 8.15. The van der Waals surface area contributed by atoms with E-state index in [9.17, 15) is 4.79 Å². The maximum Gasteiger partial charge on any atom is 0.303 e. The van der Waals surface area contributed by atoms with Crippen LogP contribution in [0.4, 0.5) is 0 Å². The second kappa shape index (κ2) is 5.85. The minimum Gasteiger partial charge on any atom is -0.481 e. The van der Waals surface area contributed by atoms with Crippen LogP contribution in [0.2, 0.25) is 0 Å². The molecule has 0 heterocycles. The quantitative estimate of drug-likeness (QED) is 0.796. The molecule has 98 valence electrons. The smallest absolute Gasteiger partial charge is 0.303 e. The molecule has 17 heavy (non-hydrogen) atoms. The van der Waals surface area contributed by atoms with Crippen molar-refractivity contribution in [2.45, 2.75) is 63.8 Å². The van der Waals surface area contributed by atoms with E-state index in [1.807, 2.05) is 0 Å². The standard InChI is InChI=1S/C14H25NO2/c15-13-7-5-12(6-8-13)11-3-1-10(2-4-11)9-14(16)17/h10-13H,1-9,15H2,(H,16,17). The van der Waals surface area contributed by atoms with Gasteiger partial charge in [0, 0.05) is 12.5 Å². The zero-order valence-corrected chi connectivity index (χ0v) is 10.6. The van der Waals surface area contributed by atoms with Gasteiger partial charge in [0.1, 0.15) is 0 Å². The highest BCUT2D eigenvalue weighted by atomic mass is 16.4. The van der Waals surface area contributed by atoms with E-state index in [-0.39, 0.29) is 0 Å². The van der Waals surface area contributed by atoms with E-state index in [4.69, 9.17) is 10.8 Å². The van der Waals surface area contributed by atoms with Crippen molar-refractivity contribution in [1.29, 1.82) is 0 Å². The van der Waals surface area contributed by atoms with Crippen molar-refractivity contribution >= 4 is 5.97 Å². The second-order valence-electron chi connectivity index (χ2n) is 6.05. The van der Waals surface area contributed by atoms with Gasteiger partial charge in [-0.15, -0.1) is 0 Å². The Morgan fingerprint density at radius 3 is 1.88 bits per heavy atom. The van der Waals surface area contributed by atoms with E-state index in [0.717, 1.165) is 24.7 Å². The first kappa shape index (κ1) is 12.9. The third-order valence-corrected chi connectivity index (χ3v) is 4.84. The molecule has 2 aliphatic rings. The highest BCUT2D eigenvalue weighted by molar-refractivity contribution is 5.67. The molecule has 0 saturated heterocycles. The fraction of sp³-hybridized carbons (Fsp3) is 0.929. The lowest BCUT2D eigenvalue weighted by molar-refractivity contribution is -0.138. The summed E-state index contributed by atoms with van der Waals surface area (Å²) in [7, 11) is 0. The summed E-state index contributed by atoms with van der Waals surface area (Å²) in [5.41, 5.74) is 5.94. The minimum atomic E-state index is -0.628. The lowest BCUT2D eigenvalue weighted by atomic mass is 9.70. The molecule has 0 radical (unpaired) electrons. The number of nitrogens with two attached hydrogens (primary N) is 1. The lowest BCUT2D eigenvalue weighted by Crippen LogP contribution is -2.31. The van der Waals surface area contributed by atoms with Gasteiger partial charge in [0.25, 0.3) is 0 Å². The zero-order valence-electron chi connectivity index (χ0n) is 10.6. The van der Waals surface area contributed by atoms with Crippen LogP contribution in [0.15, 0.2) is 0 Å². The Kier molecular flexibility index (Phi) is 4.43. The highest BCUT2D eigenvalue weighted by Gasteiger charge is 2.30. The summed E-state index contributed by atoms with van der Waals surface area (Å²) in [6.07, 6.45) is 10.1. The Hall–Kier alpha value is -0.570. The molecule has 3 N–H and O–H groups in total. The predicted octanol–water partition coefficient (Wildman–Crippen LogP) is 2.79. The summed E-state index contributed by atoms with van der Waals surface area (Å²) in [5.74, 6) is 1.54. The van der Waals surface area contributed by atoms with Crippen LogP contribution in [0.25, 0.3) is 0 Å². The van der Waals surface area contributed by atoms with Crippen LogP contribution in [0.3, 0.4) is 0 Å². The van der Waals surface area contributed by atoms with Gasteiger partial charge in [-0.2, -0.15) is 0 Å². The number of aliphatic carboxylic acids is 1. The van der Waals surface area contributed by atoms with Crippen LogP contribution in [0, 0.1) is 17.8 Å². The normalized spacial score (nSPS) is 38.9. The van der Waals surface area contributed by atoms with Crippen LogP contribution in [0.1, 0.15) is 57.8 Å². The van der Waals surface area contributed by atoms with Crippen molar-refractivity contribution in [3.63, 3.8) is 0 Å².